The molecule has 0 spiro atoms. The van der Waals surface area contributed by atoms with Gasteiger partial charge in [-0.1, -0.05) is 32.0 Å². The topological polar surface area (TPSA) is 48.0 Å². The summed E-state index contributed by atoms with van der Waals surface area (Å²) < 4.78 is 0. The zero-order valence-electron chi connectivity index (χ0n) is 13.0. The van der Waals surface area contributed by atoms with Gasteiger partial charge in [-0.05, 0) is 43.2 Å². The van der Waals surface area contributed by atoms with E-state index >= 15 is 0 Å². The number of aliphatic hydroxyl groups excluding tert-OH is 1. The van der Waals surface area contributed by atoms with E-state index in [1.54, 1.807) is 0 Å². The van der Waals surface area contributed by atoms with Gasteiger partial charge in [0.15, 0.2) is 0 Å². The molecule has 2 aromatic rings. The highest BCUT2D eigenvalue weighted by molar-refractivity contribution is 5.85. The van der Waals surface area contributed by atoms with Gasteiger partial charge in [-0.2, -0.15) is 0 Å². The second kappa shape index (κ2) is 6.20. The molecular weight excluding hydrogens is 260 g/mol. The summed E-state index contributed by atoms with van der Waals surface area (Å²) in [5.74, 6) is 0.534. The standard InChI is InChI=1S/C18H26N2O/c1-12(2)15(10-11-21)19-17-9-5-7-14-13-6-3-4-8-16(13)20-18(14)17/h3-4,6,8,12,15,17,19-21H,5,7,9-11H2,1-2H3. The van der Waals surface area contributed by atoms with Crippen molar-refractivity contribution in [1.82, 2.24) is 10.3 Å². The maximum Gasteiger partial charge on any atom is 0.0478 e. The number of hydrogen-bond donors (Lipinski definition) is 3. The van der Waals surface area contributed by atoms with Gasteiger partial charge in [-0.15, -0.1) is 0 Å². The molecule has 21 heavy (non-hydrogen) atoms. The van der Waals surface area contributed by atoms with Crippen LogP contribution in [0.5, 0.6) is 0 Å². The van der Waals surface area contributed by atoms with Crippen LogP contribution < -0.4 is 5.32 Å². The van der Waals surface area contributed by atoms with E-state index in [2.05, 4.69) is 48.4 Å². The molecule has 0 amide bonds. The minimum Gasteiger partial charge on any atom is -0.396 e. The Morgan fingerprint density at radius 1 is 1.33 bits per heavy atom. The summed E-state index contributed by atoms with van der Waals surface area (Å²) in [6.45, 7) is 4.70. The maximum absolute atomic E-state index is 9.28. The van der Waals surface area contributed by atoms with E-state index in [-0.39, 0.29) is 6.61 Å². The number of nitrogens with one attached hydrogen (secondary N) is 2. The second-order valence-electron chi connectivity index (χ2n) is 6.54. The van der Waals surface area contributed by atoms with E-state index in [0.29, 0.717) is 18.0 Å². The van der Waals surface area contributed by atoms with Crippen LogP contribution in [-0.2, 0) is 6.42 Å². The number of aliphatic hydroxyl groups is 1. The SMILES string of the molecule is CC(C)C(CCO)NC1CCCc2c1[nH]c1ccccc21. The molecule has 3 rings (SSSR count). The number of fused-ring (bicyclic) bond motifs is 3. The van der Waals surface area contributed by atoms with E-state index in [4.69, 9.17) is 0 Å². The van der Waals surface area contributed by atoms with E-state index < -0.39 is 0 Å². The van der Waals surface area contributed by atoms with Crippen molar-refractivity contribution in [1.29, 1.82) is 0 Å². The molecule has 3 heteroatoms. The van der Waals surface area contributed by atoms with Gasteiger partial charge in [0.25, 0.3) is 0 Å². The van der Waals surface area contributed by atoms with Crippen molar-refractivity contribution < 1.29 is 5.11 Å². The zero-order valence-corrected chi connectivity index (χ0v) is 13.0. The summed E-state index contributed by atoms with van der Waals surface area (Å²) in [5, 5.41) is 14.4. The molecular formula is C18H26N2O. The third-order valence-corrected chi connectivity index (χ3v) is 4.77. The third-order valence-electron chi connectivity index (χ3n) is 4.77. The lowest BCUT2D eigenvalue weighted by Gasteiger charge is -2.30. The molecule has 1 aromatic carbocycles. The summed E-state index contributed by atoms with van der Waals surface area (Å²) in [5.41, 5.74) is 4.10. The van der Waals surface area contributed by atoms with Crippen LogP contribution in [0.3, 0.4) is 0 Å². The molecule has 1 heterocycles. The Balaban J connectivity index is 1.89. The van der Waals surface area contributed by atoms with Gasteiger partial charge in [0.1, 0.15) is 0 Å². The van der Waals surface area contributed by atoms with Crippen LogP contribution in [0, 0.1) is 5.92 Å². The highest BCUT2D eigenvalue weighted by atomic mass is 16.3. The van der Waals surface area contributed by atoms with Crippen molar-refractivity contribution in [3.05, 3.63) is 35.5 Å². The number of H-pyrrole nitrogens is 1. The van der Waals surface area contributed by atoms with Gasteiger partial charge in [-0.25, -0.2) is 0 Å². The zero-order chi connectivity index (χ0) is 14.8. The minimum absolute atomic E-state index is 0.252. The lowest BCUT2D eigenvalue weighted by Crippen LogP contribution is -2.38. The number of aromatic amines is 1. The van der Waals surface area contributed by atoms with Gasteiger partial charge in [0.05, 0.1) is 0 Å². The number of rotatable bonds is 5. The Kier molecular flexibility index (Phi) is 4.32. The summed E-state index contributed by atoms with van der Waals surface area (Å²) in [6, 6.07) is 9.36. The number of aromatic nitrogens is 1. The van der Waals surface area contributed by atoms with Gasteiger partial charge in [-0.3, -0.25) is 0 Å². The molecule has 3 N–H and O–H groups in total. The molecule has 0 radical (unpaired) electrons. The fourth-order valence-corrected chi connectivity index (χ4v) is 3.59. The minimum atomic E-state index is 0.252. The van der Waals surface area contributed by atoms with Crippen LogP contribution in [0.15, 0.2) is 24.3 Å². The number of benzene rings is 1. The van der Waals surface area contributed by atoms with Gasteiger partial charge >= 0.3 is 0 Å². The fourth-order valence-electron chi connectivity index (χ4n) is 3.59. The normalized spacial score (nSPS) is 19.9. The first-order valence-electron chi connectivity index (χ1n) is 8.17. The smallest absolute Gasteiger partial charge is 0.0478 e. The van der Waals surface area contributed by atoms with Crippen LogP contribution in [-0.4, -0.2) is 22.7 Å². The van der Waals surface area contributed by atoms with Gasteiger partial charge in [0.2, 0.25) is 0 Å². The molecule has 0 saturated heterocycles. The highest BCUT2D eigenvalue weighted by Crippen LogP contribution is 2.35. The maximum atomic E-state index is 9.28. The summed E-state index contributed by atoms with van der Waals surface area (Å²) in [6.07, 6.45) is 4.40. The van der Waals surface area contributed by atoms with Gasteiger partial charge < -0.3 is 15.4 Å². The Morgan fingerprint density at radius 3 is 2.90 bits per heavy atom. The van der Waals surface area contributed by atoms with E-state index in [0.717, 1.165) is 6.42 Å². The van der Waals surface area contributed by atoms with Crippen LogP contribution in [0.1, 0.15) is 50.4 Å². The first kappa shape index (κ1) is 14.6. The van der Waals surface area contributed by atoms with Crippen molar-refractivity contribution in [3.63, 3.8) is 0 Å². The number of aryl methyl sites for hydroxylation is 1. The lowest BCUT2D eigenvalue weighted by molar-refractivity contribution is 0.230. The van der Waals surface area contributed by atoms with E-state index in [1.165, 1.54) is 41.4 Å². The highest BCUT2D eigenvalue weighted by Gasteiger charge is 2.26. The molecule has 2 unspecified atom stereocenters. The molecule has 0 aliphatic heterocycles. The monoisotopic (exact) mass is 286 g/mol. The Labute approximate surface area is 126 Å². The van der Waals surface area contributed by atoms with Crippen LogP contribution >= 0.6 is 0 Å². The first-order chi connectivity index (χ1) is 10.2. The largest absolute Gasteiger partial charge is 0.396 e. The molecule has 3 nitrogen and oxygen atoms in total. The van der Waals surface area contributed by atoms with Gasteiger partial charge in [0, 0.05) is 35.3 Å². The summed E-state index contributed by atoms with van der Waals surface area (Å²) in [7, 11) is 0. The number of hydrogen-bond acceptors (Lipinski definition) is 2. The van der Waals surface area contributed by atoms with Crippen LogP contribution in [0.2, 0.25) is 0 Å². The van der Waals surface area contributed by atoms with Crippen molar-refractivity contribution >= 4 is 10.9 Å². The van der Waals surface area contributed by atoms with Crippen molar-refractivity contribution in [2.45, 2.75) is 51.6 Å². The average molecular weight is 286 g/mol. The molecule has 1 aliphatic rings. The molecule has 1 aliphatic carbocycles. The Bertz CT molecular complexity index is 602. The molecule has 114 valence electrons. The molecule has 0 saturated carbocycles. The van der Waals surface area contributed by atoms with Crippen molar-refractivity contribution in [3.8, 4) is 0 Å². The quantitative estimate of drug-likeness (QED) is 0.787. The predicted octanol–water partition coefficient (Wildman–Crippen LogP) is 3.54. The number of para-hydroxylation sites is 1. The first-order valence-corrected chi connectivity index (χ1v) is 8.17. The molecule has 0 bridgehead atoms. The van der Waals surface area contributed by atoms with Crippen LogP contribution in [0.4, 0.5) is 0 Å². The molecule has 2 atom stereocenters. The molecule has 1 aromatic heterocycles. The Hall–Kier alpha value is -1.32. The van der Waals surface area contributed by atoms with Crippen molar-refractivity contribution in [2.75, 3.05) is 6.61 Å². The van der Waals surface area contributed by atoms with Crippen LogP contribution in [0.25, 0.3) is 10.9 Å². The summed E-state index contributed by atoms with van der Waals surface area (Å²) >= 11 is 0. The lowest BCUT2D eigenvalue weighted by atomic mass is 9.90. The fraction of sp³-hybridized carbons (Fsp3) is 0.556. The van der Waals surface area contributed by atoms with E-state index in [1.807, 2.05) is 0 Å². The summed E-state index contributed by atoms with van der Waals surface area (Å²) in [4.78, 5) is 3.63. The molecule has 0 fully saturated rings. The van der Waals surface area contributed by atoms with E-state index in [9.17, 15) is 5.11 Å². The van der Waals surface area contributed by atoms with Crippen molar-refractivity contribution in [2.24, 2.45) is 5.92 Å². The third kappa shape index (κ3) is 2.85. The predicted molar refractivity (Wildman–Crippen MR) is 87.4 cm³/mol. The Morgan fingerprint density at radius 2 is 2.14 bits per heavy atom. The second-order valence-corrected chi connectivity index (χ2v) is 6.54. The average Bonchev–Trinajstić information content (AvgIpc) is 2.86.